The molecule has 2 rings (SSSR count). The average Bonchev–Trinajstić information content (AvgIpc) is 3.06. The lowest BCUT2D eigenvalue weighted by molar-refractivity contribution is 0.385. The van der Waals surface area contributed by atoms with Crippen LogP contribution < -0.4 is 5.32 Å². The molecule has 106 valence electrons. The second-order valence-electron chi connectivity index (χ2n) is 6.04. The van der Waals surface area contributed by atoms with Gasteiger partial charge in [0.05, 0.1) is 11.7 Å². The van der Waals surface area contributed by atoms with E-state index in [9.17, 15) is 0 Å². The second-order valence-corrected chi connectivity index (χ2v) is 6.04. The number of aromatic nitrogens is 2. The van der Waals surface area contributed by atoms with E-state index in [1.54, 1.807) is 0 Å². The monoisotopic (exact) mass is 261 g/mol. The first kappa shape index (κ1) is 14.3. The van der Waals surface area contributed by atoms with Crippen molar-refractivity contribution in [3.8, 4) is 0 Å². The summed E-state index contributed by atoms with van der Waals surface area (Å²) in [4.78, 5) is 0. The largest absolute Gasteiger partial charge is 0.316 e. The molecule has 1 unspecified atom stereocenters. The minimum Gasteiger partial charge on any atom is -0.316 e. The summed E-state index contributed by atoms with van der Waals surface area (Å²) in [5.74, 6) is 0. The predicted molar refractivity (Wildman–Crippen MR) is 80.3 cm³/mol. The first-order valence-electron chi connectivity index (χ1n) is 7.55. The van der Waals surface area contributed by atoms with E-state index in [2.05, 4.69) is 48.8 Å². The van der Waals surface area contributed by atoms with Gasteiger partial charge in [0.2, 0.25) is 0 Å². The van der Waals surface area contributed by atoms with Crippen molar-refractivity contribution in [2.24, 2.45) is 5.41 Å². The molecule has 1 aromatic heterocycles. The van der Waals surface area contributed by atoms with E-state index in [1.807, 2.05) is 0 Å². The number of nitrogens with zero attached hydrogens (tertiary/aromatic N) is 2. The van der Waals surface area contributed by atoms with Crippen LogP contribution in [-0.2, 0) is 6.42 Å². The van der Waals surface area contributed by atoms with Gasteiger partial charge in [0, 0.05) is 24.6 Å². The van der Waals surface area contributed by atoms with Gasteiger partial charge in [-0.3, -0.25) is 4.68 Å². The van der Waals surface area contributed by atoms with Gasteiger partial charge in [-0.1, -0.05) is 32.8 Å². The maximum atomic E-state index is 4.77. The molecule has 0 saturated heterocycles. The average molecular weight is 261 g/mol. The van der Waals surface area contributed by atoms with E-state index in [4.69, 9.17) is 5.10 Å². The van der Waals surface area contributed by atoms with Gasteiger partial charge in [0.1, 0.15) is 0 Å². The minimum absolute atomic E-state index is 0.0882. The highest BCUT2D eigenvalue weighted by molar-refractivity contribution is 5.08. The van der Waals surface area contributed by atoms with E-state index in [-0.39, 0.29) is 5.41 Å². The normalized spacial score (nSPS) is 19.5. The number of hydrogen-bond donors (Lipinski definition) is 1. The van der Waals surface area contributed by atoms with Crippen molar-refractivity contribution >= 4 is 0 Å². The Morgan fingerprint density at radius 3 is 2.89 bits per heavy atom. The topological polar surface area (TPSA) is 29.9 Å². The zero-order valence-electron chi connectivity index (χ0n) is 12.4. The van der Waals surface area contributed by atoms with E-state index in [0.29, 0.717) is 6.04 Å². The Balaban J connectivity index is 1.99. The highest BCUT2D eigenvalue weighted by Crippen LogP contribution is 2.29. The molecule has 1 saturated carbocycles. The molecule has 0 amide bonds. The summed E-state index contributed by atoms with van der Waals surface area (Å²) in [7, 11) is 0. The zero-order valence-corrected chi connectivity index (χ0v) is 12.4. The van der Waals surface area contributed by atoms with E-state index in [1.165, 1.54) is 31.4 Å². The Kier molecular flexibility index (Phi) is 4.81. The molecule has 1 N–H and O–H groups in total. The van der Waals surface area contributed by atoms with Gasteiger partial charge in [0.25, 0.3) is 0 Å². The smallest absolute Gasteiger partial charge is 0.0633 e. The fraction of sp³-hybridized carbons (Fsp3) is 0.688. The van der Waals surface area contributed by atoms with Crippen LogP contribution >= 0.6 is 0 Å². The summed E-state index contributed by atoms with van der Waals surface area (Å²) in [5, 5.41) is 8.19. The molecule has 1 fully saturated rings. The molecule has 19 heavy (non-hydrogen) atoms. The van der Waals surface area contributed by atoms with Crippen LogP contribution in [-0.4, -0.2) is 22.9 Å². The lowest BCUT2D eigenvalue weighted by Gasteiger charge is -2.25. The molecule has 0 aromatic carbocycles. The highest BCUT2D eigenvalue weighted by Gasteiger charge is 2.23. The molecule has 1 aromatic rings. The lowest BCUT2D eigenvalue weighted by atomic mass is 9.85. The van der Waals surface area contributed by atoms with E-state index in [0.717, 1.165) is 19.5 Å². The quantitative estimate of drug-likeness (QED) is 0.763. The van der Waals surface area contributed by atoms with Crippen LogP contribution in [0.3, 0.4) is 0 Å². The number of rotatable bonds is 7. The van der Waals surface area contributed by atoms with Crippen LogP contribution in [0.4, 0.5) is 0 Å². The van der Waals surface area contributed by atoms with Crippen molar-refractivity contribution in [2.45, 2.75) is 52.0 Å². The summed E-state index contributed by atoms with van der Waals surface area (Å²) in [6.07, 6.45) is 10.5. The molecule has 3 nitrogen and oxygen atoms in total. The molecule has 0 radical (unpaired) electrons. The molecule has 3 heteroatoms. The third kappa shape index (κ3) is 3.69. The van der Waals surface area contributed by atoms with Crippen molar-refractivity contribution in [1.29, 1.82) is 0 Å². The third-order valence-corrected chi connectivity index (χ3v) is 4.22. The van der Waals surface area contributed by atoms with Gasteiger partial charge in [-0.25, -0.2) is 0 Å². The van der Waals surface area contributed by atoms with E-state index >= 15 is 0 Å². The van der Waals surface area contributed by atoms with Gasteiger partial charge in [-0.15, -0.1) is 6.58 Å². The number of hydrogen-bond acceptors (Lipinski definition) is 2. The van der Waals surface area contributed by atoms with Crippen LogP contribution in [0.15, 0.2) is 24.9 Å². The lowest BCUT2D eigenvalue weighted by Crippen LogP contribution is -2.32. The maximum absolute atomic E-state index is 4.77. The Hall–Kier alpha value is -1.09. The molecular weight excluding hydrogens is 234 g/mol. The molecule has 1 atom stereocenters. The first-order valence-corrected chi connectivity index (χ1v) is 7.55. The Bertz CT molecular complexity index is 404. The summed E-state index contributed by atoms with van der Waals surface area (Å²) in [6.45, 7) is 10.3. The molecule has 1 aliphatic rings. The summed E-state index contributed by atoms with van der Waals surface area (Å²) >= 11 is 0. The maximum Gasteiger partial charge on any atom is 0.0633 e. The van der Waals surface area contributed by atoms with Gasteiger partial charge < -0.3 is 5.32 Å². The predicted octanol–water partition coefficient (Wildman–Crippen LogP) is 3.34. The second kappa shape index (κ2) is 6.38. The SMILES string of the molecule is C=CC(C)(CNCC)Cc1ccn(C2CCCC2)n1. The summed E-state index contributed by atoms with van der Waals surface area (Å²) in [6, 6.07) is 2.81. The fourth-order valence-electron chi connectivity index (χ4n) is 2.87. The van der Waals surface area contributed by atoms with Crippen molar-refractivity contribution in [1.82, 2.24) is 15.1 Å². The van der Waals surface area contributed by atoms with Crippen LogP contribution in [0.5, 0.6) is 0 Å². The standard InChI is InChI=1S/C16H27N3/c1-4-16(3,13-17-5-2)12-14-10-11-19(18-14)15-8-6-7-9-15/h4,10-11,15,17H,1,5-9,12-13H2,2-3H3. The van der Waals surface area contributed by atoms with Gasteiger partial charge in [0.15, 0.2) is 0 Å². The van der Waals surface area contributed by atoms with Crippen LogP contribution in [0.25, 0.3) is 0 Å². The molecule has 1 heterocycles. The van der Waals surface area contributed by atoms with Crippen molar-refractivity contribution < 1.29 is 0 Å². The summed E-state index contributed by atoms with van der Waals surface area (Å²) < 4.78 is 2.18. The Labute approximate surface area is 117 Å². The fourth-order valence-corrected chi connectivity index (χ4v) is 2.87. The molecule has 0 aliphatic heterocycles. The molecule has 0 spiro atoms. The zero-order chi connectivity index (χ0) is 13.7. The summed E-state index contributed by atoms with van der Waals surface area (Å²) in [5.41, 5.74) is 1.28. The van der Waals surface area contributed by atoms with Crippen LogP contribution in [0, 0.1) is 5.41 Å². The minimum atomic E-state index is 0.0882. The van der Waals surface area contributed by atoms with Crippen LogP contribution in [0.2, 0.25) is 0 Å². The van der Waals surface area contributed by atoms with Crippen molar-refractivity contribution in [3.05, 3.63) is 30.6 Å². The third-order valence-electron chi connectivity index (χ3n) is 4.22. The Morgan fingerprint density at radius 2 is 2.26 bits per heavy atom. The Morgan fingerprint density at radius 1 is 1.53 bits per heavy atom. The molecular formula is C16H27N3. The van der Waals surface area contributed by atoms with Crippen LogP contribution in [0.1, 0.15) is 51.3 Å². The van der Waals surface area contributed by atoms with Gasteiger partial charge >= 0.3 is 0 Å². The van der Waals surface area contributed by atoms with Gasteiger partial charge in [-0.2, -0.15) is 5.10 Å². The number of nitrogens with one attached hydrogen (secondary N) is 1. The van der Waals surface area contributed by atoms with Crippen molar-refractivity contribution in [2.75, 3.05) is 13.1 Å². The molecule has 0 bridgehead atoms. The van der Waals surface area contributed by atoms with Crippen molar-refractivity contribution in [3.63, 3.8) is 0 Å². The van der Waals surface area contributed by atoms with E-state index < -0.39 is 0 Å². The highest BCUT2D eigenvalue weighted by atomic mass is 15.3. The van der Waals surface area contributed by atoms with Gasteiger partial charge in [-0.05, 0) is 25.5 Å². The first-order chi connectivity index (χ1) is 9.17. The molecule has 1 aliphatic carbocycles.